The van der Waals surface area contributed by atoms with Crippen LogP contribution in [0.1, 0.15) is 49.0 Å². The summed E-state index contributed by atoms with van der Waals surface area (Å²) in [5.74, 6) is -0.126. The minimum atomic E-state index is -0.768. The van der Waals surface area contributed by atoms with Gasteiger partial charge in [-0.15, -0.1) is 0 Å². The third kappa shape index (κ3) is 3.87. The van der Waals surface area contributed by atoms with Gasteiger partial charge in [-0.05, 0) is 62.6 Å². The van der Waals surface area contributed by atoms with Gasteiger partial charge in [0.2, 0.25) is 11.8 Å². The Morgan fingerprint density at radius 1 is 1.26 bits per heavy atom. The molecule has 0 radical (unpaired) electrons. The summed E-state index contributed by atoms with van der Waals surface area (Å²) >= 11 is 0. The predicted octanol–water partition coefficient (Wildman–Crippen LogP) is 2.09. The highest BCUT2D eigenvalue weighted by Crippen LogP contribution is 2.41. The summed E-state index contributed by atoms with van der Waals surface area (Å²) in [6, 6.07) is 8.10. The summed E-state index contributed by atoms with van der Waals surface area (Å²) < 4.78 is 5.42. The van der Waals surface area contributed by atoms with Gasteiger partial charge < -0.3 is 25.3 Å². The largest absolute Gasteiger partial charge is 0.496 e. The van der Waals surface area contributed by atoms with Crippen molar-refractivity contribution in [1.29, 1.82) is 5.26 Å². The van der Waals surface area contributed by atoms with Crippen LogP contribution in [0.2, 0.25) is 0 Å². The van der Waals surface area contributed by atoms with Crippen LogP contribution in [-0.2, 0) is 9.59 Å². The smallest absolute Gasteiger partial charge is 0.271 e. The van der Waals surface area contributed by atoms with Crippen LogP contribution in [0, 0.1) is 23.2 Å². The topological polar surface area (TPSA) is 127 Å². The number of piperidine rings is 2. The quantitative estimate of drug-likeness (QED) is 0.605. The first kappa shape index (κ1) is 22.3. The van der Waals surface area contributed by atoms with E-state index in [1.165, 1.54) is 0 Å². The van der Waals surface area contributed by atoms with E-state index >= 15 is 0 Å². The first-order valence-electron chi connectivity index (χ1n) is 12.0. The number of nitrogens with one attached hydrogen (secondary N) is 3. The molecular formula is C25H29N5O4. The van der Waals surface area contributed by atoms with Crippen LogP contribution >= 0.6 is 0 Å². The average Bonchev–Trinajstić information content (AvgIpc) is 3.49. The highest BCUT2D eigenvalue weighted by atomic mass is 16.5. The lowest BCUT2D eigenvalue weighted by molar-refractivity contribution is -0.133. The van der Waals surface area contributed by atoms with Crippen molar-refractivity contribution in [2.75, 3.05) is 13.7 Å². The SMILES string of the molecule is COc1cccc2[nH]c(C(=O)N3C4CCC(CC4)C3C(=O)NC(C#N)CC3CCNC3=O)cc12. The first-order chi connectivity index (χ1) is 16.5. The third-order valence-corrected chi connectivity index (χ3v) is 7.61. The highest BCUT2D eigenvalue weighted by Gasteiger charge is 2.48. The Kier molecular flexibility index (Phi) is 5.90. The van der Waals surface area contributed by atoms with E-state index in [-0.39, 0.29) is 42.0 Å². The van der Waals surface area contributed by atoms with E-state index in [9.17, 15) is 19.6 Å². The van der Waals surface area contributed by atoms with E-state index in [1.54, 1.807) is 18.1 Å². The monoisotopic (exact) mass is 463 g/mol. The van der Waals surface area contributed by atoms with Crippen molar-refractivity contribution >= 4 is 28.6 Å². The summed E-state index contributed by atoms with van der Waals surface area (Å²) in [6.45, 7) is 0.597. The molecular weight excluding hydrogens is 434 g/mol. The van der Waals surface area contributed by atoms with Gasteiger partial charge in [0, 0.05) is 29.4 Å². The van der Waals surface area contributed by atoms with Crippen LogP contribution in [0.3, 0.4) is 0 Å². The van der Waals surface area contributed by atoms with Crippen LogP contribution in [-0.4, -0.2) is 59.4 Å². The fraction of sp³-hybridized carbons (Fsp3) is 0.520. The molecule has 0 spiro atoms. The second-order valence-electron chi connectivity index (χ2n) is 9.53. The molecule has 3 saturated heterocycles. The van der Waals surface area contributed by atoms with Gasteiger partial charge in [-0.3, -0.25) is 14.4 Å². The maximum atomic E-state index is 13.7. The summed E-state index contributed by atoms with van der Waals surface area (Å²) in [6.07, 6.45) is 4.45. The molecule has 9 nitrogen and oxygen atoms in total. The zero-order valence-electron chi connectivity index (χ0n) is 19.2. The number of aromatic amines is 1. The van der Waals surface area contributed by atoms with Gasteiger partial charge in [0.25, 0.3) is 5.91 Å². The van der Waals surface area contributed by atoms with Gasteiger partial charge in [0.15, 0.2) is 0 Å². The Morgan fingerprint density at radius 3 is 2.74 bits per heavy atom. The summed E-state index contributed by atoms with van der Waals surface area (Å²) in [5.41, 5.74) is 1.22. The molecule has 1 saturated carbocycles. The minimum absolute atomic E-state index is 0.0114. The maximum Gasteiger partial charge on any atom is 0.271 e. The zero-order valence-corrected chi connectivity index (χ0v) is 19.2. The molecule has 6 rings (SSSR count). The molecule has 34 heavy (non-hydrogen) atoms. The molecule has 3 amide bonds. The van der Waals surface area contributed by atoms with Crippen molar-refractivity contribution in [1.82, 2.24) is 20.5 Å². The van der Waals surface area contributed by atoms with Crippen LogP contribution in [0.4, 0.5) is 0 Å². The van der Waals surface area contributed by atoms with Gasteiger partial charge in [-0.2, -0.15) is 5.26 Å². The number of fused-ring (bicyclic) bond motifs is 4. The van der Waals surface area contributed by atoms with E-state index < -0.39 is 12.1 Å². The summed E-state index contributed by atoms with van der Waals surface area (Å²) in [7, 11) is 1.59. The molecule has 3 N–H and O–H groups in total. The summed E-state index contributed by atoms with van der Waals surface area (Å²) in [4.78, 5) is 44.0. The molecule has 3 unspecified atom stereocenters. The standard InChI is InChI=1S/C25H29N5O4/c1-34-21-4-2-3-19-18(21)12-20(29-19)25(33)30-17-7-5-14(6-8-17)22(30)24(32)28-16(13-26)11-15-9-10-27-23(15)31/h2-4,12,14-17,22,29H,5-11H2,1H3,(H,27,31)(H,28,32). The number of nitrogens with zero attached hydrogens (tertiary/aromatic N) is 2. The van der Waals surface area contributed by atoms with Crippen molar-refractivity contribution in [2.24, 2.45) is 11.8 Å². The maximum absolute atomic E-state index is 13.7. The van der Waals surface area contributed by atoms with E-state index in [1.807, 2.05) is 18.2 Å². The lowest BCUT2D eigenvalue weighted by atomic mass is 9.74. The van der Waals surface area contributed by atoms with E-state index in [0.717, 1.165) is 36.6 Å². The first-order valence-corrected chi connectivity index (χ1v) is 12.0. The normalized spacial score (nSPS) is 26.7. The molecule has 4 heterocycles. The van der Waals surface area contributed by atoms with Crippen molar-refractivity contribution in [2.45, 2.75) is 56.7 Å². The van der Waals surface area contributed by atoms with Crippen LogP contribution in [0.5, 0.6) is 5.75 Å². The Balaban J connectivity index is 1.38. The fourth-order valence-corrected chi connectivity index (χ4v) is 5.90. The average molecular weight is 464 g/mol. The molecule has 3 atom stereocenters. The third-order valence-electron chi connectivity index (χ3n) is 7.61. The number of hydrogen-bond acceptors (Lipinski definition) is 5. The van der Waals surface area contributed by atoms with E-state index in [4.69, 9.17) is 4.74 Å². The molecule has 2 aromatic rings. The number of carbonyl (C=O) groups excluding carboxylic acids is 3. The lowest BCUT2D eigenvalue weighted by Gasteiger charge is -2.50. The molecule has 1 aliphatic carbocycles. The molecule has 1 aromatic heterocycles. The number of carbonyl (C=O) groups is 3. The molecule has 2 bridgehead atoms. The predicted molar refractivity (Wildman–Crippen MR) is 124 cm³/mol. The van der Waals surface area contributed by atoms with Crippen LogP contribution < -0.4 is 15.4 Å². The fourth-order valence-electron chi connectivity index (χ4n) is 5.90. The van der Waals surface area contributed by atoms with Gasteiger partial charge in [-0.25, -0.2) is 0 Å². The van der Waals surface area contributed by atoms with Gasteiger partial charge >= 0.3 is 0 Å². The van der Waals surface area contributed by atoms with Crippen LogP contribution in [0.15, 0.2) is 24.3 Å². The Labute approximate surface area is 197 Å². The number of rotatable bonds is 6. The molecule has 178 valence electrons. The molecule has 4 fully saturated rings. The number of nitriles is 1. The zero-order chi connectivity index (χ0) is 23.8. The van der Waals surface area contributed by atoms with Crippen molar-refractivity contribution in [3.63, 3.8) is 0 Å². The highest BCUT2D eigenvalue weighted by molar-refractivity contribution is 6.02. The Bertz CT molecular complexity index is 1160. The van der Waals surface area contributed by atoms with E-state index in [2.05, 4.69) is 21.7 Å². The molecule has 9 heteroatoms. The van der Waals surface area contributed by atoms with Crippen LogP contribution in [0.25, 0.3) is 10.9 Å². The second-order valence-corrected chi connectivity index (χ2v) is 9.53. The summed E-state index contributed by atoms with van der Waals surface area (Å²) in [5, 5.41) is 16.1. The van der Waals surface area contributed by atoms with Gasteiger partial charge in [0.1, 0.15) is 23.5 Å². The Hall–Kier alpha value is -3.54. The van der Waals surface area contributed by atoms with Crippen molar-refractivity contribution < 1.29 is 19.1 Å². The number of amides is 3. The minimum Gasteiger partial charge on any atom is -0.496 e. The van der Waals surface area contributed by atoms with Gasteiger partial charge in [-0.1, -0.05) is 6.07 Å². The number of benzene rings is 1. The lowest BCUT2D eigenvalue weighted by Crippen LogP contribution is -2.63. The number of hydrogen-bond donors (Lipinski definition) is 3. The number of methoxy groups -OCH3 is 1. The Morgan fingerprint density at radius 2 is 2.06 bits per heavy atom. The van der Waals surface area contributed by atoms with Crippen molar-refractivity contribution in [3.8, 4) is 11.8 Å². The van der Waals surface area contributed by atoms with E-state index in [0.29, 0.717) is 24.4 Å². The molecule has 1 aromatic carbocycles. The van der Waals surface area contributed by atoms with Crippen molar-refractivity contribution in [3.05, 3.63) is 30.0 Å². The van der Waals surface area contributed by atoms with Gasteiger partial charge in [0.05, 0.1) is 13.2 Å². The number of aromatic nitrogens is 1. The molecule has 4 aliphatic rings. The second kappa shape index (κ2) is 9.01. The number of H-pyrrole nitrogens is 1. The number of ether oxygens (including phenoxy) is 1. The molecule has 3 aliphatic heterocycles.